The van der Waals surface area contributed by atoms with E-state index in [0.717, 1.165) is 10.0 Å². The average molecular weight is 329 g/mol. The number of nitrogens with one attached hydrogen (secondary N) is 1. The molecule has 1 aromatic heterocycles. The first-order valence-electron chi connectivity index (χ1n) is 5.78. The van der Waals surface area contributed by atoms with Gasteiger partial charge in [0.05, 0.1) is 0 Å². The van der Waals surface area contributed by atoms with Crippen molar-refractivity contribution in [2.24, 2.45) is 11.3 Å². The van der Waals surface area contributed by atoms with E-state index in [2.05, 4.69) is 26.2 Å². The molecule has 1 heterocycles. The summed E-state index contributed by atoms with van der Waals surface area (Å²) < 4.78 is 0.830. The molecule has 19 heavy (non-hydrogen) atoms. The number of rotatable bonds is 3. The first-order chi connectivity index (χ1) is 8.62. The highest BCUT2D eigenvalue weighted by Crippen LogP contribution is 2.27. The molecule has 104 valence electrons. The standard InChI is InChI=1S/C13H17BrN2O3/c1-7-5-9(15-6-8(7)14)16-11(17)10(12(18)19)13(2,3)4/h5-6,10H,1-4H3,(H,18,19)(H,15,16,17). The van der Waals surface area contributed by atoms with E-state index in [1.54, 1.807) is 33.0 Å². The van der Waals surface area contributed by atoms with Crippen LogP contribution >= 0.6 is 15.9 Å². The number of aromatic nitrogens is 1. The smallest absolute Gasteiger partial charge is 0.316 e. The molecule has 0 spiro atoms. The zero-order valence-electron chi connectivity index (χ0n) is 11.3. The monoisotopic (exact) mass is 328 g/mol. The number of carbonyl (C=O) groups excluding carboxylic acids is 1. The molecular weight excluding hydrogens is 312 g/mol. The van der Waals surface area contributed by atoms with Gasteiger partial charge in [0.2, 0.25) is 5.91 Å². The maximum atomic E-state index is 12.1. The molecule has 0 saturated heterocycles. The molecular formula is C13H17BrN2O3. The Morgan fingerprint density at radius 2 is 2.00 bits per heavy atom. The van der Waals surface area contributed by atoms with Crippen molar-refractivity contribution in [3.63, 3.8) is 0 Å². The van der Waals surface area contributed by atoms with Crippen LogP contribution in [0.25, 0.3) is 0 Å². The average Bonchev–Trinajstić information content (AvgIpc) is 2.20. The van der Waals surface area contributed by atoms with Crippen LogP contribution in [0.1, 0.15) is 26.3 Å². The fourth-order valence-electron chi connectivity index (χ4n) is 1.68. The molecule has 0 aromatic carbocycles. The number of carbonyl (C=O) groups is 2. The summed E-state index contributed by atoms with van der Waals surface area (Å²) in [5.74, 6) is -2.48. The zero-order valence-corrected chi connectivity index (χ0v) is 12.9. The highest BCUT2D eigenvalue weighted by atomic mass is 79.9. The number of hydrogen-bond donors (Lipinski definition) is 2. The Morgan fingerprint density at radius 1 is 1.42 bits per heavy atom. The predicted octanol–water partition coefficient (Wildman–Crippen LogP) is 2.84. The van der Waals surface area contributed by atoms with Crippen LogP contribution in [0.4, 0.5) is 5.82 Å². The molecule has 0 aliphatic carbocycles. The van der Waals surface area contributed by atoms with Crippen molar-refractivity contribution < 1.29 is 14.7 Å². The number of carboxylic acid groups (broad SMARTS) is 1. The molecule has 1 amide bonds. The number of amides is 1. The molecule has 0 radical (unpaired) electrons. The van der Waals surface area contributed by atoms with Crippen LogP contribution in [0.2, 0.25) is 0 Å². The van der Waals surface area contributed by atoms with Crippen LogP contribution in [0.15, 0.2) is 16.7 Å². The lowest BCUT2D eigenvalue weighted by molar-refractivity contribution is -0.149. The van der Waals surface area contributed by atoms with Gasteiger partial charge in [0.25, 0.3) is 0 Å². The van der Waals surface area contributed by atoms with Crippen LogP contribution in [-0.2, 0) is 9.59 Å². The van der Waals surface area contributed by atoms with E-state index in [4.69, 9.17) is 5.11 Å². The van der Waals surface area contributed by atoms with Gasteiger partial charge in [-0.1, -0.05) is 20.8 Å². The third kappa shape index (κ3) is 4.02. The quantitative estimate of drug-likeness (QED) is 0.836. The molecule has 1 rings (SSSR count). The van der Waals surface area contributed by atoms with Crippen molar-refractivity contribution in [2.45, 2.75) is 27.7 Å². The molecule has 1 aromatic rings. The number of aryl methyl sites for hydroxylation is 1. The maximum Gasteiger partial charge on any atom is 0.316 e. The third-order valence-corrected chi connectivity index (χ3v) is 3.50. The fourth-order valence-corrected chi connectivity index (χ4v) is 1.90. The maximum absolute atomic E-state index is 12.1. The number of halogens is 1. The lowest BCUT2D eigenvalue weighted by Gasteiger charge is -2.25. The van der Waals surface area contributed by atoms with E-state index in [9.17, 15) is 9.59 Å². The molecule has 2 N–H and O–H groups in total. The highest BCUT2D eigenvalue weighted by molar-refractivity contribution is 9.10. The molecule has 0 aliphatic rings. The van der Waals surface area contributed by atoms with E-state index >= 15 is 0 Å². The number of hydrogen-bond acceptors (Lipinski definition) is 3. The van der Waals surface area contributed by atoms with Crippen molar-refractivity contribution in [2.75, 3.05) is 5.32 Å². The van der Waals surface area contributed by atoms with Gasteiger partial charge in [0.1, 0.15) is 11.7 Å². The Labute approximate surface area is 120 Å². The molecule has 0 saturated carbocycles. The summed E-state index contributed by atoms with van der Waals surface area (Å²) in [7, 11) is 0. The van der Waals surface area contributed by atoms with Gasteiger partial charge in [-0.3, -0.25) is 9.59 Å². The molecule has 0 bridgehead atoms. The predicted molar refractivity (Wildman–Crippen MR) is 75.9 cm³/mol. The molecule has 6 heteroatoms. The highest BCUT2D eigenvalue weighted by Gasteiger charge is 2.37. The summed E-state index contributed by atoms with van der Waals surface area (Å²) in [5, 5.41) is 11.7. The summed E-state index contributed by atoms with van der Waals surface area (Å²) >= 11 is 3.31. The topological polar surface area (TPSA) is 79.3 Å². The second-order valence-corrected chi connectivity index (χ2v) is 6.30. The van der Waals surface area contributed by atoms with E-state index in [1.807, 2.05) is 6.92 Å². The molecule has 1 unspecified atom stereocenters. The second kappa shape index (κ2) is 5.69. The minimum atomic E-state index is -1.14. The molecule has 0 aliphatic heterocycles. The third-order valence-electron chi connectivity index (χ3n) is 2.67. The Kier molecular flexibility index (Phi) is 4.68. The van der Waals surface area contributed by atoms with Gasteiger partial charge in [-0.2, -0.15) is 0 Å². The zero-order chi connectivity index (χ0) is 14.8. The summed E-state index contributed by atoms with van der Waals surface area (Å²) in [6.07, 6.45) is 1.57. The van der Waals surface area contributed by atoms with E-state index in [0.29, 0.717) is 5.82 Å². The number of anilines is 1. The number of pyridine rings is 1. The Bertz CT molecular complexity index is 509. The summed E-state index contributed by atoms with van der Waals surface area (Å²) in [4.78, 5) is 27.3. The SMILES string of the molecule is Cc1cc(NC(=O)C(C(=O)O)C(C)(C)C)ncc1Br. The molecule has 1 atom stereocenters. The largest absolute Gasteiger partial charge is 0.481 e. The number of nitrogens with zero attached hydrogens (tertiary/aromatic N) is 1. The van der Waals surface area contributed by atoms with Gasteiger partial charge in [-0.25, -0.2) is 4.98 Å². The lowest BCUT2D eigenvalue weighted by Crippen LogP contribution is -2.39. The first-order valence-corrected chi connectivity index (χ1v) is 6.58. The van der Waals surface area contributed by atoms with E-state index < -0.39 is 23.2 Å². The van der Waals surface area contributed by atoms with Crippen molar-refractivity contribution >= 4 is 33.6 Å². The van der Waals surface area contributed by atoms with Crippen LogP contribution in [0, 0.1) is 18.3 Å². The summed E-state index contributed by atoms with van der Waals surface area (Å²) in [6, 6.07) is 1.68. The lowest BCUT2D eigenvalue weighted by atomic mass is 9.80. The normalized spacial score (nSPS) is 12.9. The number of aliphatic carboxylic acids is 1. The minimum absolute atomic E-state index is 0.348. The van der Waals surface area contributed by atoms with Gasteiger partial charge >= 0.3 is 5.97 Å². The first kappa shape index (κ1) is 15.6. The van der Waals surface area contributed by atoms with Gasteiger partial charge in [0.15, 0.2) is 0 Å². The fraction of sp³-hybridized carbons (Fsp3) is 0.462. The van der Waals surface area contributed by atoms with E-state index in [-0.39, 0.29) is 0 Å². The van der Waals surface area contributed by atoms with Crippen LogP contribution in [-0.4, -0.2) is 22.0 Å². The van der Waals surface area contributed by atoms with Crippen molar-refractivity contribution in [1.82, 2.24) is 4.98 Å². The minimum Gasteiger partial charge on any atom is -0.481 e. The van der Waals surface area contributed by atoms with E-state index in [1.165, 1.54) is 0 Å². The van der Waals surface area contributed by atoms with Crippen molar-refractivity contribution in [3.8, 4) is 0 Å². The molecule has 5 nitrogen and oxygen atoms in total. The Morgan fingerprint density at radius 3 is 2.42 bits per heavy atom. The van der Waals surface area contributed by atoms with Crippen molar-refractivity contribution in [3.05, 3.63) is 22.3 Å². The van der Waals surface area contributed by atoms with Gasteiger partial charge < -0.3 is 10.4 Å². The van der Waals surface area contributed by atoms with Crippen LogP contribution in [0.3, 0.4) is 0 Å². The Hall–Kier alpha value is -1.43. The Balaban J connectivity index is 2.94. The number of carboxylic acids is 1. The van der Waals surface area contributed by atoms with Gasteiger partial charge in [-0.15, -0.1) is 0 Å². The van der Waals surface area contributed by atoms with Gasteiger partial charge in [0, 0.05) is 10.7 Å². The van der Waals surface area contributed by atoms with Gasteiger partial charge in [-0.05, 0) is 39.9 Å². The van der Waals surface area contributed by atoms with Crippen molar-refractivity contribution in [1.29, 1.82) is 0 Å². The summed E-state index contributed by atoms with van der Waals surface area (Å²) in [6.45, 7) is 7.00. The van der Waals surface area contributed by atoms with Crippen LogP contribution < -0.4 is 5.32 Å². The van der Waals surface area contributed by atoms with Crippen LogP contribution in [0.5, 0.6) is 0 Å². The second-order valence-electron chi connectivity index (χ2n) is 5.45. The summed E-state index contributed by atoms with van der Waals surface area (Å²) in [5.41, 5.74) is 0.244. The molecule has 0 fully saturated rings.